The topological polar surface area (TPSA) is 106 Å². The molecule has 1 heterocycles. The number of carbonyl (C=O) groups excluding carboxylic acids is 2. The van der Waals surface area contributed by atoms with Gasteiger partial charge >= 0.3 is 11.9 Å². The molecule has 0 fully saturated rings. The number of hydrogen-bond donors (Lipinski definition) is 2. The molecule has 7 nitrogen and oxygen atoms in total. The molecule has 1 atom stereocenters. The second kappa shape index (κ2) is 7.80. The molecule has 0 aliphatic heterocycles. The number of carboxylic acid groups (broad SMARTS) is 1. The summed E-state index contributed by atoms with van der Waals surface area (Å²) in [5.41, 5.74) is -0.00890. The molecule has 0 bridgehead atoms. The zero-order valence-corrected chi connectivity index (χ0v) is 12.4. The lowest BCUT2D eigenvalue weighted by molar-refractivity contribution is -0.142. The van der Waals surface area contributed by atoms with Crippen molar-refractivity contribution in [3.63, 3.8) is 0 Å². The maximum atomic E-state index is 11.9. The molecule has 0 saturated heterocycles. The molecule has 1 aromatic rings. The Hall–Kier alpha value is -1.86. The Morgan fingerprint density at radius 2 is 2.05 bits per heavy atom. The number of ether oxygens (including phenoxy) is 1. The second-order valence-electron chi connectivity index (χ2n) is 3.95. The summed E-state index contributed by atoms with van der Waals surface area (Å²) in [5, 5.41) is 11.3. The van der Waals surface area contributed by atoms with Crippen molar-refractivity contribution in [3.8, 4) is 0 Å². The van der Waals surface area contributed by atoms with Gasteiger partial charge in [0.1, 0.15) is 16.3 Å². The van der Waals surface area contributed by atoms with E-state index in [0.717, 1.165) is 0 Å². The maximum Gasteiger partial charge on any atom is 0.326 e. The number of aliphatic carboxylic acids is 1. The molecule has 9 heteroatoms. The van der Waals surface area contributed by atoms with E-state index in [-0.39, 0.29) is 28.7 Å². The third-order valence-electron chi connectivity index (χ3n) is 2.53. The maximum absolute atomic E-state index is 11.9. The summed E-state index contributed by atoms with van der Waals surface area (Å²) in [5.74, 6) is -2.56. The van der Waals surface area contributed by atoms with Crippen LogP contribution in [0.15, 0.2) is 12.1 Å². The molecule has 0 aliphatic rings. The van der Waals surface area contributed by atoms with Crippen molar-refractivity contribution in [3.05, 3.63) is 28.0 Å². The summed E-state index contributed by atoms with van der Waals surface area (Å²) in [4.78, 5) is 37.7. The van der Waals surface area contributed by atoms with E-state index in [2.05, 4.69) is 15.0 Å². The number of nitrogens with zero attached hydrogens (tertiary/aromatic N) is 1. The van der Waals surface area contributed by atoms with Gasteiger partial charge in [-0.05, 0) is 18.6 Å². The highest BCUT2D eigenvalue weighted by Gasteiger charge is 2.23. The first-order chi connectivity index (χ1) is 9.85. The summed E-state index contributed by atoms with van der Waals surface area (Å²) in [6, 6.07) is 1.43. The van der Waals surface area contributed by atoms with Crippen molar-refractivity contribution >= 4 is 41.0 Å². The highest BCUT2D eigenvalue weighted by molar-refractivity contribution is 6.34. The van der Waals surface area contributed by atoms with Gasteiger partial charge in [0, 0.05) is 6.42 Å². The fourth-order valence-electron chi connectivity index (χ4n) is 1.44. The summed E-state index contributed by atoms with van der Waals surface area (Å²) in [6.45, 7) is 0. The fourth-order valence-corrected chi connectivity index (χ4v) is 1.87. The van der Waals surface area contributed by atoms with E-state index >= 15 is 0 Å². The van der Waals surface area contributed by atoms with Gasteiger partial charge in [0.15, 0.2) is 0 Å². The number of pyridine rings is 1. The first-order valence-electron chi connectivity index (χ1n) is 5.77. The number of halogens is 2. The third kappa shape index (κ3) is 5.20. The van der Waals surface area contributed by atoms with Crippen molar-refractivity contribution in [2.24, 2.45) is 0 Å². The quantitative estimate of drug-likeness (QED) is 0.603. The van der Waals surface area contributed by atoms with Crippen LogP contribution in [0, 0.1) is 0 Å². The zero-order valence-electron chi connectivity index (χ0n) is 10.9. The second-order valence-corrected chi connectivity index (χ2v) is 4.70. The minimum absolute atomic E-state index is 0.00890. The van der Waals surface area contributed by atoms with Gasteiger partial charge in [0.25, 0.3) is 5.91 Å². The van der Waals surface area contributed by atoms with Gasteiger partial charge in [0.2, 0.25) is 0 Å². The Morgan fingerprint density at radius 3 is 2.57 bits per heavy atom. The SMILES string of the molecule is COC(=O)CC[C@@H](NC(=O)c1ccc(Cl)nc1Cl)C(=O)O. The minimum atomic E-state index is -1.27. The number of rotatable bonds is 6. The predicted octanol–water partition coefficient (Wildman–Crippen LogP) is 1.52. The largest absolute Gasteiger partial charge is 0.480 e. The molecular weight excluding hydrogens is 323 g/mol. The molecule has 0 unspecified atom stereocenters. The molecule has 1 amide bonds. The van der Waals surface area contributed by atoms with E-state index in [4.69, 9.17) is 28.3 Å². The molecule has 21 heavy (non-hydrogen) atoms. The van der Waals surface area contributed by atoms with Gasteiger partial charge in [-0.1, -0.05) is 23.2 Å². The fraction of sp³-hybridized carbons (Fsp3) is 0.333. The molecule has 0 radical (unpaired) electrons. The Morgan fingerprint density at radius 1 is 1.38 bits per heavy atom. The first-order valence-corrected chi connectivity index (χ1v) is 6.53. The monoisotopic (exact) mass is 334 g/mol. The van der Waals surface area contributed by atoms with Crippen LogP contribution in [-0.2, 0) is 14.3 Å². The lowest BCUT2D eigenvalue weighted by Crippen LogP contribution is -2.41. The lowest BCUT2D eigenvalue weighted by atomic mass is 10.1. The molecule has 2 N–H and O–H groups in total. The number of aromatic nitrogens is 1. The van der Waals surface area contributed by atoms with Crippen LogP contribution < -0.4 is 5.32 Å². The number of hydrogen-bond acceptors (Lipinski definition) is 5. The van der Waals surface area contributed by atoms with E-state index in [1.807, 2.05) is 0 Å². The van der Waals surface area contributed by atoms with E-state index in [1.165, 1.54) is 19.2 Å². The number of nitrogens with one attached hydrogen (secondary N) is 1. The number of amides is 1. The van der Waals surface area contributed by atoms with Crippen LogP contribution in [0.25, 0.3) is 0 Å². The summed E-state index contributed by atoms with van der Waals surface area (Å²) < 4.78 is 4.41. The van der Waals surface area contributed by atoms with Crippen molar-refractivity contribution in [1.82, 2.24) is 10.3 Å². The van der Waals surface area contributed by atoms with E-state index in [0.29, 0.717) is 0 Å². The van der Waals surface area contributed by atoms with Gasteiger partial charge in [-0.25, -0.2) is 9.78 Å². The average Bonchev–Trinajstić information content (AvgIpc) is 2.42. The number of methoxy groups -OCH3 is 1. The van der Waals surface area contributed by atoms with Crippen LogP contribution in [0.2, 0.25) is 10.3 Å². The van der Waals surface area contributed by atoms with Gasteiger partial charge in [-0.2, -0.15) is 0 Å². The predicted molar refractivity (Wildman–Crippen MR) is 74.4 cm³/mol. The Balaban J connectivity index is 2.76. The molecule has 1 rings (SSSR count). The smallest absolute Gasteiger partial charge is 0.326 e. The van der Waals surface area contributed by atoms with Gasteiger partial charge in [-0.3, -0.25) is 9.59 Å². The molecule has 1 aromatic heterocycles. The van der Waals surface area contributed by atoms with Crippen LogP contribution >= 0.6 is 23.2 Å². The third-order valence-corrected chi connectivity index (χ3v) is 3.03. The van der Waals surface area contributed by atoms with Crippen LogP contribution in [0.3, 0.4) is 0 Å². The minimum Gasteiger partial charge on any atom is -0.480 e. The first kappa shape index (κ1) is 17.2. The average molecular weight is 335 g/mol. The lowest BCUT2D eigenvalue weighted by Gasteiger charge is -2.14. The van der Waals surface area contributed by atoms with Crippen LogP contribution in [0.1, 0.15) is 23.2 Å². The highest BCUT2D eigenvalue weighted by atomic mass is 35.5. The molecule has 114 valence electrons. The Bertz CT molecular complexity index is 565. The molecule has 0 aliphatic carbocycles. The molecular formula is C12H12Cl2N2O5. The van der Waals surface area contributed by atoms with Gasteiger partial charge < -0.3 is 15.2 Å². The molecule has 0 spiro atoms. The van der Waals surface area contributed by atoms with Crippen molar-refractivity contribution in [2.75, 3.05) is 7.11 Å². The van der Waals surface area contributed by atoms with E-state index < -0.39 is 23.9 Å². The summed E-state index contributed by atoms with van der Waals surface area (Å²) >= 11 is 11.4. The van der Waals surface area contributed by atoms with Crippen molar-refractivity contribution in [1.29, 1.82) is 0 Å². The van der Waals surface area contributed by atoms with Crippen molar-refractivity contribution in [2.45, 2.75) is 18.9 Å². The number of esters is 1. The number of carbonyl (C=O) groups is 3. The standard InChI is InChI=1S/C12H12Cl2N2O5/c1-21-9(17)5-3-7(12(19)20)15-11(18)6-2-4-8(13)16-10(6)14/h2,4,7H,3,5H2,1H3,(H,15,18)(H,19,20)/t7-/m1/s1. The van der Waals surface area contributed by atoms with Gasteiger partial charge in [-0.15, -0.1) is 0 Å². The molecule has 0 saturated carbocycles. The van der Waals surface area contributed by atoms with Crippen LogP contribution in [0.4, 0.5) is 0 Å². The zero-order chi connectivity index (χ0) is 16.0. The van der Waals surface area contributed by atoms with Crippen molar-refractivity contribution < 1.29 is 24.2 Å². The highest BCUT2D eigenvalue weighted by Crippen LogP contribution is 2.16. The van der Waals surface area contributed by atoms with Crippen LogP contribution in [-0.4, -0.2) is 41.1 Å². The van der Waals surface area contributed by atoms with E-state index in [1.54, 1.807) is 0 Å². The summed E-state index contributed by atoms with van der Waals surface area (Å²) in [6.07, 6.45) is -0.243. The Kier molecular flexibility index (Phi) is 6.39. The van der Waals surface area contributed by atoms with Gasteiger partial charge in [0.05, 0.1) is 12.7 Å². The molecule has 0 aromatic carbocycles. The Labute approximate surface area is 130 Å². The summed E-state index contributed by atoms with van der Waals surface area (Å²) in [7, 11) is 1.19. The van der Waals surface area contributed by atoms with Crippen LogP contribution in [0.5, 0.6) is 0 Å². The normalized spacial score (nSPS) is 11.6. The number of carboxylic acids is 1. The van der Waals surface area contributed by atoms with E-state index in [9.17, 15) is 14.4 Å².